The first-order valence-electron chi connectivity index (χ1n) is 6.23. The average Bonchev–Trinajstić information content (AvgIpc) is 2.40. The molecular weight excluding hydrogens is 297 g/mol. The summed E-state index contributed by atoms with van der Waals surface area (Å²) >= 11 is 0. The summed E-state index contributed by atoms with van der Waals surface area (Å²) in [6.07, 6.45) is 1.04. The molecule has 2 N–H and O–H groups in total. The number of benzene rings is 1. The molecule has 1 aliphatic rings. The van der Waals surface area contributed by atoms with Gasteiger partial charge < -0.3 is 24.6 Å². The van der Waals surface area contributed by atoms with Crippen molar-refractivity contribution in [2.75, 3.05) is 12.4 Å². The van der Waals surface area contributed by atoms with Gasteiger partial charge in [0.25, 0.3) is 5.79 Å². The topological polar surface area (TPSA) is 94.1 Å². The quantitative estimate of drug-likeness (QED) is 0.498. The van der Waals surface area contributed by atoms with Gasteiger partial charge in [0.05, 0.1) is 12.8 Å². The molecule has 1 heterocycles. The molecule has 0 unspecified atom stereocenters. The minimum atomic E-state index is -1.34. The van der Waals surface area contributed by atoms with E-state index in [-0.39, 0.29) is 17.0 Å². The van der Waals surface area contributed by atoms with Gasteiger partial charge in [-0.3, -0.25) is 0 Å². The van der Waals surface area contributed by atoms with Crippen LogP contribution in [-0.4, -0.2) is 29.9 Å². The second-order valence-electron chi connectivity index (χ2n) is 4.89. The monoisotopic (exact) mass is 311 g/mol. The van der Waals surface area contributed by atoms with Crippen LogP contribution < -0.4 is 10.1 Å². The third-order valence-corrected chi connectivity index (χ3v) is 2.76. The molecule has 1 fully saturated rings. The number of halogens is 1. The lowest BCUT2D eigenvalue weighted by Gasteiger charge is -2.29. The lowest BCUT2D eigenvalue weighted by atomic mass is 10.2. The zero-order valence-corrected chi connectivity index (χ0v) is 12.1. The number of carbonyl (C=O) groups is 2. The summed E-state index contributed by atoms with van der Waals surface area (Å²) in [6.45, 7) is 2.85. The van der Waals surface area contributed by atoms with Crippen LogP contribution in [0.4, 0.5) is 10.1 Å². The first kappa shape index (κ1) is 15.6. The summed E-state index contributed by atoms with van der Waals surface area (Å²) < 4.78 is 28.0. The first-order chi connectivity index (χ1) is 10.2. The van der Waals surface area contributed by atoms with Gasteiger partial charge >= 0.3 is 11.9 Å². The zero-order valence-electron chi connectivity index (χ0n) is 12.1. The minimum Gasteiger partial charge on any atom is -0.505 e. The lowest BCUT2D eigenvalue weighted by molar-refractivity contribution is -0.222. The molecule has 22 heavy (non-hydrogen) atoms. The highest BCUT2D eigenvalue weighted by Crippen LogP contribution is 2.31. The van der Waals surface area contributed by atoms with Crippen molar-refractivity contribution >= 4 is 17.6 Å². The van der Waals surface area contributed by atoms with E-state index in [1.54, 1.807) is 0 Å². The Morgan fingerprint density at radius 2 is 1.86 bits per heavy atom. The van der Waals surface area contributed by atoms with E-state index >= 15 is 0 Å². The molecule has 0 amide bonds. The lowest BCUT2D eigenvalue weighted by Crippen LogP contribution is -2.42. The predicted molar refractivity (Wildman–Crippen MR) is 72.6 cm³/mol. The molecule has 0 bridgehead atoms. The molecule has 118 valence electrons. The number of ether oxygens (including phenoxy) is 3. The van der Waals surface area contributed by atoms with Crippen molar-refractivity contribution in [2.45, 2.75) is 19.6 Å². The van der Waals surface area contributed by atoms with Crippen molar-refractivity contribution in [3.8, 4) is 11.5 Å². The zero-order chi connectivity index (χ0) is 16.5. The van der Waals surface area contributed by atoms with Crippen molar-refractivity contribution < 1.29 is 33.3 Å². The van der Waals surface area contributed by atoms with Gasteiger partial charge in [0.1, 0.15) is 5.75 Å². The van der Waals surface area contributed by atoms with E-state index in [1.165, 1.54) is 21.0 Å². The first-order valence-corrected chi connectivity index (χ1v) is 6.23. The average molecular weight is 311 g/mol. The van der Waals surface area contributed by atoms with Crippen molar-refractivity contribution in [2.24, 2.45) is 0 Å². The molecule has 2 rings (SSSR count). The Kier molecular flexibility index (Phi) is 3.94. The SMILES string of the molecule is COc1cc(F)c(O)cc1NC=C1C(=O)OC(C)(C)OC1=O. The van der Waals surface area contributed by atoms with Crippen LogP contribution >= 0.6 is 0 Å². The second-order valence-corrected chi connectivity index (χ2v) is 4.89. The van der Waals surface area contributed by atoms with Crippen LogP contribution in [0.3, 0.4) is 0 Å². The minimum absolute atomic E-state index is 0.0741. The molecule has 0 aliphatic carbocycles. The molecule has 1 aliphatic heterocycles. The van der Waals surface area contributed by atoms with E-state index in [4.69, 9.17) is 14.2 Å². The van der Waals surface area contributed by atoms with Crippen LogP contribution in [0.1, 0.15) is 13.8 Å². The second kappa shape index (κ2) is 5.55. The van der Waals surface area contributed by atoms with Crippen molar-refractivity contribution in [1.82, 2.24) is 0 Å². The number of hydrogen-bond acceptors (Lipinski definition) is 7. The molecular formula is C14H14FNO6. The van der Waals surface area contributed by atoms with Gasteiger partial charge in [-0.1, -0.05) is 0 Å². The Morgan fingerprint density at radius 3 is 2.41 bits per heavy atom. The van der Waals surface area contributed by atoms with Crippen molar-refractivity contribution in [3.05, 3.63) is 29.7 Å². The number of methoxy groups -OCH3 is 1. The molecule has 0 radical (unpaired) electrons. The Bertz CT molecular complexity index is 646. The third-order valence-electron chi connectivity index (χ3n) is 2.76. The number of cyclic esters (lactones) is 2. The highest BCUT2D eigenvalue weighted by Gasteiger charge is 2.39. The maximum atomic E-state index is 13.2. The van der Waals surface area contributed by atoms with E-state index in [9.17, 15) is 19.1 Å². The van der Waals surface area contributed by atoms with Crippen molar-refractivity contribution in [3.63, 3.8) is 0 Å². The normalized spacial score (nSPS) is 16.6. The van der Waals surface area contributed by atoms with Crippen LogP contribution in [-0.2, 0) is 19.1 Å². The predicted octanol–water partition coefficient (Wildman–Crippen LogP) is 1.67. The summed E-state index contributed by atoms with van der Waals surface area (Å²) in [4.78, 5) is 23.5. The Balaban J connectivity index is 2.27. The molecule has 0 spiro atoms. The highest BCUT2D eigenvalue weighted by atomic mass is 19.1. The number of hydrogen-bond donors (Lipinski definition) is 2. The molecule has 7 nitrogen and oxygen atoms in total. The summed E-state index contributed by atoms with van der Waals surface area (Å²) in [5.41, 5.74) is -0.218. The Labute approximate surface area is 125 Å². The number of anilines is 1. The number of nitrogens with one attached hydrogen (secondary N) is 1. The van der Waals surface area contributed by atoms with Crippen LogP contribution in [0.5, 0.6) is 11.5 Å². The smallest absolute Gasteiger partial charge is 0.350 e. The van der Waals surface area contributed by atoms with E-state index in [0.29, 0.717) is 0 Å². The number of rotatable bonds is 3. The molecule has 8 heteroatoms. The maximum absolute atomic E-state index is 13.2. The molecule has 0 atom stereocenters. The fraction of sp³-hybridized carbons (Fsp3) is 0.286. The molecule has 0 aromatic heterocycles. The number of phenols is 1. The molecule has 1 aromatic carbocycles. The highest BCUT2D eigenvalue weighted by molar-refractivity contribution is 6.15. The third kappa shape index (κ3) is 3.11. The fourth-order valence-electron chi connectivity index (χ4n) is 1.75. The molecule has 1 saturated heterocycles. The van der Waals surface area contributed by atoms with Gasteiger partial charge in [0.2, 0.25) is 0 Å². The van der Waals surface area contributed by atoms with E-state index in [2.05, 4.69) is 5.32 Å². The number of phenolic OH excluding ortho intramolecular Hbond substituents is 1. The molecule has 1 aromatic rings. The van der Waals surface area contributed by atoms with Crippen molar-refractivity contribution in [1.29, 1.82) is 0 Å². The van der Waals surface area contributed by atoms with Crippen LogP contribution in [0.15, 0.2) is 23.9 Å². The number of esters is 2. The number of carbonyl (C=O) groups excluding carboxylic acids is 2. The number of aromatic hydroxyl groups is 1. The van der Waals surface area contributed by atoms with Gasteiger partial charge in [-0.05, 0) is 0 Å². The van der Waals surface area contributed by atoms with Gasteiger partial charge in [-0.25, -0.2) is 14.0 Å². The van der Waals surface area contributed by atoms with Gasteiger partial charge in [-0.15, -0.1) is 0 Å². The fourth-order valence-corrected chi connectivity index (χ4v) is 1.75. The summed E-state index contributed by atoms with van der Waals surface area (Å²) in [5.74, 6) is -4.47. The standard InChI is InChI=1S/C14H14FNO6/c1-14(2)21-12(18)7(13(19)22-14)6-16-9-5-10(17)8(15)4-11(9)20-3/h4-6,16-17H,1-3H3. The Hall–Kier alpha value is -2.77. The summed E-state index contributed by atoms with van der Waals surface area (Å²) in [7, 11) is 1.30. The van der Waals surface area contributed by atoms with Gasteiger partial charge in [0, 0.05) is 32.2 Å². The maximum Gasteiger partial charge on any atom is 0.350 e. The Morgan fingerprint density at radius 1 is 1.27 bits per heavy atom. The largest absolute Gasteiger partial charge is 0.505 e. The van der Waals surface area contributed by atoms with Gasteiger partial charge in [0.15, 0.2) is 17.1 Å². The summed E-state index contributed by atoms with van der Waals surface area (Å²) in [5, 5.41) is 11.9. The van der Waals surface area contributed by atoms with E-state index in [0.717, 1.165) is 18.3 Å². The van der Waals surface area contributed by atoms with E-state index in [1.807, 2.05) is 0 Å². The summed E-state index contributed by atoms with van der Waals surface area (Å²) in [6, 6.07) is 2.01. The van der Waals surface area contributed by atoms with Crippen LogP contribution in [0.25, 0.3) is 0 Å². The van der Waals surface area contributed by atoms with Crippen LogP contribution in [0.2, 0.25) is 0 Å². The van der Waals surface area contributed by atoms with Gasteiger partial charge in [-0.2, -0.15) is 0 Å². The molecule has 0 saturated carbocycles. The van der Waals surface area contributed by atoms with Crippen LogP contribution in [0, 0.1) is 5.82 Å². The van der Waals surface area contributed by atoms with E-state index < -0.39 is 29.3 Å².